The Morgan fingerprint density at radius 1 is 1.38 bits per heavy atom. The Labute approximate surface area is 80.9 Å². The highest BCUT2D eigenvalue weighted by molar-refractivity contribution is 4.80. The van der Waals surface area contributed by atoms with Crippen molar-refractivity contribution in [2.24, 2.45) is 5.73 Å². The van der Waals surface area contributed by atoms with Crippen molar-refractivity contribution in [2.75, 3.05) is 13.6 Å². The van der Waals surface area contributed by atoms with Crippen LogP contribution in [0.15, 0.2) is 0 Å². The number of rotatable bonds is 3. The highest BCUT2D eigenvalue weighted by Gasteiger charge is 2.22. The molecule has 1 rings (SSSR count). The van der Waals surface area contributed by atoms with Crippen LogP contribution in [0.2, 0.25) is 0 Å². The summed E-state index contributed by atoms with van der Waals surface area (Å²) >= 11 is 0. The first kappa shape index (κ1) is 11.0. The Balaban J connectivity index is 2.27. The zero-order valence-corrected chi connectivity index (χ0v) is 8.74. The van der Waals surface area contributed by atoms with E-state index in [1.807, 2.05) is 6.92 Å². The van der Waals surface area contributed by atoms with Gasteiger partial charge in [0, 0.05) is 18.6 Å². The van der Waals surface area contributed by atoms with Gasteiger partial charge >= 0.3 is 0 Å². The predicted molar refractivity (Wildman–Crippen MR) is 54.5 cm³/mol. The number of nitrogens with zero attached hydrogens (tertiary/aromatic N) is 1. The van der Waals surface area contributed by atoms with Gasteiger partial charge in [-0.15, -0.1) is 0 Å². The maximum Gasteiger partial charge on any atom is 0.0639 e. The highest BCUT2D eigenvalue weighted by Crippen LogP contribution is 2.20. The summed E-state index contributed by atoms with van der Waals surface area (Å²) in [7, 11) is 2.09. The minimum atomic E-state index is -0.222. The van der Waals surface area contributed by atoms with Crippen LogP contribution >= 0.6 is 0 Å². The summed E-state index contributed by atoms with van der Waals surface area (Å²) in [5.41, 5.74) is 5.83. The third-order valence-corrected chi connectivity index (χ3v) is 2.92. The van der Waals surface area contributed by atoms with Crippen LogP contribution in [0, 0.1) is 0 Å². The average molecular weight is 186 g/mol. The van der Waals surface area contributed by atoms with Crippen LogP contribution in [-0.4, -0.2) is 41.8 Å². The molecule has 1 aliphatic carbocycles. The maximum absolute atomic E-state index is 9.24. The van der Waals surface area contributed by atoms with E-state index in [0.717, 1.165) is 19.4 Å². The van der Waals surface area contributed by atoms with Gasteiger partial charge in [0.05, 0.1) is 6.10 Å². The minimum Gasteiger partial charge on any atom is -0.392 e. The molecule has 1 saturated carbocycles. The largest absolute Gasteiger partial charge is 0.392 e. The second kappa shape index (κ2) is 4.94. The van der Waals surface area contributed by atoms with Crippen LogP contribution < -0.4 is 5.73 Å². The van der Waals surface area contributed by atoms with E-state index < -0.39 is 0 Å². The molecule has 0 saturated heterocycles. The van der Waals surface area contributed by atoms with Gasteiger partial charge in [0.15, 0.2) is 0 Å². The lowest BCUT2D eigenvalue weighted by atomic mass is 9.91. The molecule has 78 valence electrons. The van der Waals surface area contributed by atoms with E-state index in [4.69, 9.17) is 5.73 Å². The Morgan fingerprint density at radius 3 is 2.38 bits per heavy atom. The molecular weight excluding hydrogens is 164 g/mol. The van der Waals surface area contributed by atoms with Crippen LogP contribution in [0.1, 0.15) is 32.6 Å². The molecule has 0 heterocycles. The predicted octanol–water partition coefficient (Wildman–Crippen LogP) is 0.569. The molecule has 0 aromatic rings. The molecule has 3 N–H and O–H groups in total. The summed E-state index contributed by atoms with van der Waals surface area (Å²) in [6.45, 7) is 2.62. The molecule has 0 radical (unpaired) electrons. The monoisotopic (exact) mass is 186 g/mol. The molecule has 1 atom stereocenters. The molecule has 0 bridgehead atoms. The number of hydrogen-bond donors (Lipinski definition) is 2. The second-order valence-corrected chi connectivity index (χ2v) is 4.36. The first-order valence-corrected chi connectivity index (χ1v) is 5.23. The highest BCUT2D eigenvalue weighted by atomic mass is 16.3. The van der Waals surface area contributed by atoms with Crippen LogP contribution in [-0.2, 0) is 0 Å². The Morgan fingerprint density at radius 2 is 1.92 bits per heavy atom. The average Bonchev–Trinajstić information content (AvgIpc) is 2.04. The van der Waals surface area contributed by atoms with Gasteiger partial charge in [-0.3, -0.25) is 0 Å². The van der Waals surface area contributed by atoms with Crippen molar-refractivity contribution >= 4 is 0 Å². The van der Waals surface area contributed by atoms with Crippen molar-refractivity contribution in [3.8, 4) is 0 Å². The fourth-order valence-corrected chi connectivity index (χ4v) is 2.11. The van der Waals surface area contributed by atoms with Gasteiger partial charge in [-0.25, -0.2) is 0 Å². The van der Waals surface area contributed by atoms with E-state index in [9.17, 15) is 5.11 Å². The van der Waals surface area contributed by atoms with Gasteiger partial charge in [0.2, 0.25) is 0 Å². The molecule has 1 fully saturated rings. The number of aliphatic hydroxyl groups excluding tert-OH is 1. The lowest BCUT2D eigenvalue weighted by Gasteiger charge is -2.34. The fourth-order valence-electron chi connectivity index (χ4n) is 2.11. The van der Waals surface area contributed by atoms with Crippen LogP contribution in [0.5, 0.6) is 0 Å². The van der Waals surface area contributed by atoms with E-state index in [2.05, 4.69) is 11.9 Å². The summed E-state index contributed by atoms with van der Waals surface area (Å²) < 4.78 is 0. The third kappa shape index (κ3) is 3.63. The SMILES string of the molecule is CC(O)CN(C)C1CCC(N)CC1. The second-order valence-electron chi connectivity index (χ2n) is 4.36. The van der Waals surface area contributed by atoms with Crippen LogP contribution in [0.25, 0.3) is 0 Å². The zero-order valence-electron chi connectivity index (χ0n) is 8.74. The van der Waals surface area contributed by atoms with Crippen LogP contribution in [0.4, 0.5) is 0 Å². The smallest absolute Gasteiger partial charge is 0.0639 e. The van der Waals surface area contributed by atoms with E-state index in [1.165, 1.54) is 12.8 Å². The number of hydrogen-bond acceptors (Lipinski definition) is 3. The molecule has 1 aliphatic rings. The molecule has 1 unspecified atom stereocenters. The molecule has 0 aromatic carbocycles. The first-order valence-electron chi connectivity index (χ1n) is 5.23. The zero-order chi connectivity index (χ0) is 9.84. The topological polar surface area (TPSA) is 49.5 Å². The van der Waals surface area contributed by atoms with E-state index in [0.29, 0.717) is 12.1 Å². The van der Waals surface area contributed by atoms with Crippen molar-refractivity contribution in [1.82, 2.24) is 4.90 Å². The fraction of sp³-hybridized carbons (Fsp3) is 1.00. The molecular formula is C10H22N2O. The van der Waals surface area contributed by atoms with Gasteiger partial charge in [-0.1, -0.05) is 0 Å². The van der Waals surface area contributed by atoms with Crippen LogP contribution in [0.3, 0.4) is 0 Å². The minimum absolute atomic E-state index is 0.222. The molecule has 3 heteroatoms. The van der Waals surface area contributed by atoms with Crippen molar-refractivity contribution in [3.63, 3.8) is 0 Å². The lowest BCUT2D eigenvalue weighted by molar-refractivity contribution is 0.100. The summed E-state index contributed by atoms with van der Waals surface area (Å²) in [4.78, 5) is 2.26. The standard InChI is InChI=1S/C10H22N2O/c1-8(13)7-12(2)10-5-3-9(11)4-6-10/h8-10,13H,3-7,11H2,1-2H3. The first-order chi connectivity index (χ1) is 6.09. The van der Waals surface area contributed by atoms with Gasteiger partial charge in [-0.05, 0) is 39.7 Å². The summed E-state index contributed by atoms with van der Waals surface area (Å²) in [5.74, 6) is 0. The van der Waals surface area contributed by atoms with Crippen molar-refractivity contribution in [3.05, 3.63) is 0 Å². The van der Waals surface area contributed by atoms with Gasteiger partial charge in [0.1, 0.15) is 0 Å². The summed E-state index contributed by atoms with van der Waals surface area (Å²) in [5, 5.41) is 9.24. The molecule has 0 spiro atoms. The number of likely N-dealkylation sites (N-methyl/N-ethyl adjacent to an activating group) is 1. The lowest BCUT2D eigenvalue weighted by Crippen LogP contribution is -2.41. The maximum atomic E-state index is 9.24. The van der Waals surface area contributed by atoms with E-state index >= 15 is 0 Å². The van der Waals surface area contributed by atoms with Gasteiger partial charge in [0.25, 0.3) is 0 Å². The Hall–Kier alpha value is -0.120. The van der Waals surface area contributed by atoms with Gasteiger partial charge < -0.3 is 15.7 Å². The van der Waals surface area contributed by atoms with Crippen molar-refractivity contribution in [2.45, 2.75) is 50.8 Å². The molecule has 13 heavy (non-hydrogen) atoms. The Kier molecular flexibility index (Phi) is 4.16. The molecule has 0 amide bonds. The number of aliphatic hydroxyl groups is 1. The Bertz CT molecular complexity index is 142. The van der Waals surface area contributed by atoms with Crippen molar-refractivity contribution in [1.29, 1.82) is 0 Å². The third-order valence-electron chi connectivity index (χ3n) is 2.92. The van der Waals surface area contributed by atoms with E-state index in [1.54, 1.807) is 0 Å². The molecule has 0 aromatic heterocycles. The summed E-state index contributed by atoms with van der Waals surface area (Å²) in [6, 6.07) is 1.05. The molecule has 3 nitrogen and oxygen atoms in total. The molecule has 0 aliphatic heterocycles. The van der Waals surface area contributed by atoms with E-state index in [-0.39, 0.29) is 6.10 Å². The quantitative estimate of drug-likeness (QED) is 0.677. The number of nitrogens with two attached hydrogens (primary N) is 1. The normalized spacial score (nSPS) is 32.1. The van der Waals surface area contributed by atoms with Gasteiger partial charge in [-0.2, -0.15) is 0 Å². The summed E-state index contributed by atoms with van der Waals surface area (Å²) in [6.07, 6.45) is 4.42. The van der Waals surface area contributed by atoms with Crippen molar-refractivity contribution < 1.29 is 5.11 Å².